The summed E-state index contributed by atoms with van der Waals surface area (Å²) in [5.41, 5.74) is 1.30. The molecule has 18 heavy (non-hydrogen) atoms. The minimum Gasteiger partial charge on any atom is -0.293 e. The van der Waals surface area contributed by atoms with E-state index in [0.29, 0.717) is 21.9 Å². The van der Waals surface area contributed by atoms with Crippen LogP contribution in [-0.4, -0.2) is 10.8 Å². The highest BCUT2D eigenvalue weighted by Gasteiger charge is 2.22. The largest absolute Gasteiger partial charge is 0.293 e. The van der Waals surface area contributed by atoms with Crippen molar-refractivity contribution in [3.8, 4) is 10.6 Å². The smallest absolute Gasteiger partial charge is 0.174 e. The minimum atomic E-state index is -0.896. The third-order valence-corrected chi connectivity index (χ3v) is 4.12. The standard InChI is InChI=1S/C13H9F2NOS/c14-8-5-4-7(6-9(8)15)13-16-10-2-1-3-11(17)12(10)18-13/h4-6H,1-3H2. The van der Waals surface area contributed by atoms with E-state index in [0.717, 1.165) is 30.7 Å². The summed E-state index contributed by atoms with van der Waals surface area (Å²) < 4.78 is 26.0. The van der Waals surface area contributed by atoms with Crippen LogP contribution in [0.1, 0.15) is 28.2 Å². The quantitative estimate of drug-likeness (QED) is 0.788. The maximum Gasteiger partial charge on any atom is 0.174 e. The van der Waals surface area contributed by atoms with E-state index >= 15 is 0 Å². The van der Waals surface area contributed by atoms with E-state index in [4.69, 9.17) is 0 Å². The van der Waals surface area contributed by atoms with Crippen molar-refractivity contribution >= 4 is 17.1 Å². The minimum absolute atomic E-state index is 0.0996. The highest BCUT2D eigenvalue weighted by Crippen LogP contribution is 2.33. The van der Waals surface area contributed by atoms with Crippen molar-refractivity contribution in [2.75, 3.05) is 0 Å². The molecule has 0 spiro atoms. The number of nitrogens with zero attached hydrogens (tertiary/aromatic N) is 1. The number of rotatable bonds is 1. The second-order valence-corrected chi connectivity index (χ2v) is 5.20. The fraction of sp³-hybridized carbons (Fsp3) is 0.231. The summed E-state index contributed by atoms with van der Waals surface area (Å²) in [7, 11) is 0. The highest BCUT2D eigenvalue weighted by atomic mass is 32.1. The normalized spacial score (nSPS) is 14.7. The lowest BCUT2D eigenvalue weighted by molar-refractivity contribution is 0.0976. The van der Waals surface area contributed by atoms with E-state index < -0.39 is 11.6 Å². The van der Waals surface area contributed by atoms with Gasteiger partial charge in [-0.25, -0.2) is 13.8 Å². The molecule has 0 atom stereocenters. The Morgan fingerprint density at radius 1 is 1.17 bits per heavy atom. The zero-order valence-corrected chi connectivity index (χ0v) is 10.2. The highest BCUT2D eigenvalue weighted by molar-refractivity contribution is 7.17. The number of aryl methyl sites for hydroxylation is 1. The average molecular weight is 265 g/mol. The van der Waals surface area contributed by atoms with Crippen LogP contribution >= 0.6 is 11.3 Å². The molecule has 1 heterocycles. The molecule has 0 unspecified atom stereocenters. The first-order valence-electron chi connectivity index (χ1n) is 5.63. The molecule has 1 aromatic heterocycles. The van der Waals surface area contributed by atoms with E-state index in [1.165, 1.54) is 17.4 Å². The molecule has 0 bridgehead atoms. The first-order valence-corrected chi connectivity index (χ1v) is 6.45. The molecule has 1 aliphatic carbocycles. The van der Waals surface area contributed by atoms with Crippen LogP contribution in [0.15, 0.2) is 18.2 Å². The maximum atomic E-state index is 13.2. The summed E-state index contributed by atoms with van der Waals surface area (Å²) in [6.45, 7) is 0. The van der Waals surface area contributed by atoms with Gasteiger partial charge in [-0.15, -0.1) is 11.3 Å². The molecule has 2 nitrogen and oxygen atoms in total. The Hall–Kier alpha value is -1.62. The Morgan fingerprint density at radius 3 is 2.72 bits per heavy atom. The van der Waals surface area contributed by atoms with E-state index in [9.17, 15) is 13.6 Å². The second-order valence-electron chi connectivity index (χ2n) is 4.20. The molecule has 1 aromatic carbocycles. The summed E-state index contributed by atoms with van der Waals surface area (Å²) in [5.74, 6) is -1.68. The van der Waals surface area contributed by atoms with Gasteiger partial charge in [0.15, 0.2) is 17.4 Å². The third kappa shape index (κ3) is 1.84. The third-order valence-electron chi connectivity index (χ3n) is 2.93. The second kappa shape index (κ2) is 4.24. The average Bonchev–Trinajstić information content (AvgIpc) is 2.78. The van der Waals surface area contributed by atoms with Gasteiger partial charge in [0.05, 0.1) is 10.6 Å². The number of carbonyl (C=O) groups excluding carboxylic acids is 1. The summed E-state index contributed by atoms with van der Waals surface area (Å²) in [4.78, 5) is 16.7. The van der Waals surface area contributed by atoms with Crippen LogP contribution in [0.4, 0.5) is 8.78 Å². The molecular formula is C13H9F2NOS. The van der Waals surface area contributed by atoms with Crippen LogP contribution in [0.3, 0.4) is 0 Å². The van der Waals surface area contributed by atoms with Gasteiger partial charge in [-0.3, -0.25) is 4.79 Å². The monoisotopic (exact) mass is 265 g/mol. The number of fused-ring (bicyclic) bond motifs is 1. The molecule has 0 saturated carbocycles. The van der Waals surface area contributed by atoms with Gasteiger partial charge in [0, 0.05) is 12.0 Å². The predicted molar refractivity (Wildman–Crippen MR) is 64.7 cm³/mol. The van der Waals surface area contributed by atoms with Gasteiger partial charge >= 0.3 is 0 Å². The molecule has 3 rings (SSSR count). The maximum absolute atomic E-state index is 13.2. The fourth-order valence-electron chi connectivity index (χ4n) is 2.02. The van der Waals surface area contributed by atoms with Crippen molar-refractivity contribution in [1.29, 1.82) is 0 Å². The Balaban J connectivity index is 2.07. The summed E-state index contributed by atoms with van der Waals surface area (Å²) in [5, 5.41) is 0.578. The van der Waals surface area contributed by atoms with Crippen molar-refractivity contribution in [2.45, 2.75) is 19.3 Å². The molecule has 0 aliphatic heterocycles. The lowest BCUT2D eigenvalue weighted by Gasteiger charge is -2.06. The van der Waals surface area contributed by atoms with Gasteiger partial charge in [-0.1, -0.05) is 0 Å². The molecule has 1 aliphatic rings. The molecular weight excluding hydrogens is 256 g/mol. The number of benzene rings is 1. The van der Waals surface area contributed by atoms with Crippen LogP contribution < -0.4 is 0 Å². The van der Waals surface area contributed by atoms with E-state index in [1.807, 2.05) is 0 Å². The first kappa shape index (κ1) is 11.5. The van der Waals surface area contributed by atoms with Gasteiger partial charge in [0.25, 0.3) is 0 Å². The van der Waals surface area contributed by atoms with Crippen molar-refractivity contribution in [1.82, 2.24) is 4.98 Å². The molecule has 92 valence electrons. The lowest BCUT2D eigenvalue weighted by atomic mass is 10.0. The number of carbonyl (C=O) groups is 1. The number of hydrogen-bond acceptors (Lipinski definition) is 3. The van der Waals surface area contributed by atoms with Crippen molar-refractivity contribution in [2.24, 2.45) is 0 Å². The Labute approximate surface area is 106 Å². The van der Waals surface area contributed by atoms with Gasteiger partial charge in [-0.05, 0) is 31.0 Å². The van der Waals surface area contributed by atoms with Crippen LogP contribution in [-0.2, 0) is 6.42 Å². The molecule has 5 heteroatoms. The molecule has 0 fully saturated rings. The van der Waals surface area contributed by atoms with Crippen LogP contribution in [0.5, 0.6) is 0 Å². The first-order chi connectivity index (χ1) is 8.65. The SMILES string of the molecule is O=C1CCCc2nc(-c3ccc(F)c(F)c3)sc21. The topological polar surface area (TPSA) is 30.0 Å². The zero-order chi connectivity index (χ0) is 12.7. The number of aromatic nitrogens is 1. The predicted octanol–water partition coefficient (Wildman–Crippen LogP) is 3.61. The molecule has 2 aromatic rings. The Bertz CT molecular complexity index is 636. The Kier molecular flexibility index (Phi) is 2.70. The van der Waals surface area contributed by atoms with Crippen LogP contribution in [0, 0.1) is 11.6 Å². The zero-order valence-electron chi connectivity index (χ0n) is 9.37. The number of thiazole rings is 1. The molecule has 0 radical (unpaired) electrons. The van der Waals surface area contributed by atoms with Gasteiger partial charge in [-0.2, -0.15) is 0 Å². The van der Waals surface area contributed by atoms with E-state index in [-0.39, 0.29) is 5.78 Å². The fourth-order valence-corrected chi connectivity index (χ4v) is 3.10. The summed E-state index contributed by atoms with van der Waals surface area (Å²) >= 11 is 1.26. The number of ketones is 1. The van der Waals surface area contributed by atoms with Crippen molar-refractivity contribution in [3.63, 3.8) is 0 Å². The molecule has 0 saturated heterocycles. The van der Waals surface area contributed by atoms with E-state index in [2.05, 4.69) is 4.98 Å². The van der Waals surface area contributed by atoms with Crippen molar-refractivity contribution < 1.29 is 13.6 Å². The Morgan fingerprint density at radius 2 is 2.00 bits per heavy atom. The number of hydrogen-bond donors (Lipinski definition) is 0. The van der Waals surface area contributed by atoms with Crippen molar-refractivity contribution in [3.05, 3.63) is 40.4 Å². The summed E-state index contributed by atoms with van der Waals surface area (Å²) in [6, 6.07) is 3.67. The van der Waals surface area contributed by atoms with Gasteiger partial charge in [0.1, 0.15) is 5.01 Å². The number of Topliss-reactive ketones (excluding diaryl/α,β-unsaturated/α-hetero) is 1. The molecule has 0 N–H and O–H groups in total. The number of halogens is 2. The van der Waals surface area contributed by atoms with Gasteiger partial charge in [0.2, 0.25) is 0 Å². The molecule has 0 amide bonds. The van der Waals surface area contributed by atoms with Gasteiger partial charge < -0.3 is 0 Å². The van der Waals surface area contributed by atoms with Crippen LogP contribution in [0.25, 0.3) is 10.6 Å². The van der Waals surface area contributed by atoms with E-state index in [1.54, 1.807) is 0 Å². The summed E-state index contributed by atoms with van der Waals surface area (Å²) in [6.07, 6.45) is 2.14. The lowest BCUT2D eigenvalue weighted by Crippen LogP contribution is -2.07. The van der Waals surface area contributed by atoms with Crippen LogP contribution in [0.2, 0.25) is 0 Å².